The number of nitro groups is 1. The Balaban J connectivity index is 2.14. The lowest BCUT2D eigenvalue weighted by atomic mass is 10.0. The van der Waals surface area contributed by atoms with Crippen LogP contribution < -0.4 is 4.74 Å². The summed E-state index contributed by atoms with van der Waals surface area (Å²) in [7, 11) is -0.724. The monoisotopic (exact) mass is 396 g/mol. The third kappa shape index (κ3) is 5.24. The smallest absolute Gasteiger partial charge is 0.269 e. The molecule has 1 unspecified atom stereocenters. The summed E-state index contributed by atoms with van der Waals surface area (Å²) in [5.74, 6) is -1.11. The summed E-state index contributed by atoms with van der Waals surface area (Å²) in [4.78, 5) is 10.2. The average molecular weight is 396 g/mol. The highest BCUT2D eigenvalue weighted by atomic mass is 32.2. The van der Waals surface area contributed by atoms with Gasteiger partial charge in [0.05, 0.1) is 17.8 Å². The molecular formula is C18H21FN2O5S. The molecule has 0 aliphatic heterocycles. The van der Waals surface area contributed by atoms with Gasteiger partial charge >= 0.3 is 0 Å². The highest BCUT2D eigenvalue weighted by molar-refractivity contribution is 7.89. The lowest BCUT2D eigenvalue weighted by Gasteiger charge is -2.20. The van der Waals surface area contributed by atoms with Crippen molar-refractivity contribution in [2.45, 2.75) is 19.4 Å². The number of methoxy groups -OCH3 is 1. The quantitative estimate of drug-likeness (QED) is 0.504. The molecule has 0 amide bonds. The largest absolute Gasteiger partial charge is 0.497 e. The van der Waals surface area contributed by atoms with Crippen LogP contribution in [0.5, 0.6) is 5.75 Å². The third-order valence-corrected chi connectivity index (χ3v) is 6.22. The Hall–Kier alpha value is -2.52. The second kappa shape index (κ2) is 8.45. The molecule has 0 aliphatic carbocycles. The SMILES string of the molecule is COc1ccc(CN(C)S(=O)(=O)CC(C)c2cc([N+](=O)[O-])ccc2F)cc1. The highest BCUT2D eigenvalue weighted by Crippen LogP contribution is 2.26. The second-order valence-electron chi connectivity index (χ2n) is 6.25. The van der Waals surface area contributed by atoms with E-state index >= 15 is 0 Å². The fourth-order valence-corrected chi connectivity index (χ4v) is 4.05. The van der Waals surface area contributed by atoms with Crippen molar-refractivity contribution >= 4 is 15.7 Å². The van der Waals surface area contributed by atoms with Crippen LogP contribution in [0.1, 0.15) is 24.0 Å². The van der Waals surface area contributed by atoms with E-state index < -0.39 is 26.7 Å². The van der Waals surface area contributed by atoms with Crippen molar-refractivity contribution in [2.75, 3.05) is 19.9 Å². The molecule has 2 rings (SSSR count). The number of nitro benzene ring substituents is 1. The van der Waals surface area contributed by atoms with E-state index in [2.05, 4.69) is 0 Å². The van der Waals surface area contributed by atoms with Crippen LogP contribution in [0.4, 0.5) is 10.1 Å². The molecule has 0 fully saturated rings. The molecule has 0 heterocycles. The molecule has 7 nitrogen and oxygen atoms in total. The van der Waals surface area contributed by atoms with Crippen molar-refractivity contribution in [3.63, 3.8) is 0 Å². The fourth-order valence-electron chi connectivity index (χ4n) is 2.64. The summed E-state index contributed by atoms with van der Waals surface area (Å²) in [6.07, 6.45) is 0. The predicted molar refractivity (Wildman–Crippen MR) is 99.7 cm³/mol. The molecule has 0 radical (unpaired) electrons. The van der Waals surface area contributed by atoms with Gasteiger partial charge in [-0.15, -0.1) is 0 Å². The molecule has 0 saturated carbocycles. The molecular weight excluding hydrogens is 375 g/mol. The van der Waals surface area contributed by atoms with E-state index in [9.17, 15) is 22.9 Å². The number of rotatable bonds is 8. The van der Waals surface area contributed by atoms with E-state index in [-0.39, 0.29) is 23.5 Å². The molecule has 0 N–H and O–H groups in total. The number of halogens is 1. The zero-order valence-electron chi connectivity index (χ0n) is 15.3. The summed E-state index contributed by atoms with van der Waals surface area (Å²) in [5.41, 5.74) is 0.504. The standard InChI is InChI=1S/C18H21FN2O5S/c1-13(17-10-15(21(22)23)6-9-18(17)19)12-27(24,25)20(2)11-14-4-7-16(26-3)8-5-14/h4-10,13H,11-12H2,1-3H3. The number of hydrogen-bond donors (Lipinski definition) is 0. The zero-order chi connectivity index (χ0) is 20.2. The molecule has 1 atom stereocenters. The Morgan fingerprint density at radius 3 is 2.41 bits per heavy atom. The zero-order valence-corrected chi connectivity index (χ0v) is 16.1. The summed E-state index contributed by atoms with van der Waals surface area (Å²) in [6.45, 7) is 1.68. The number of hydrogen-bond acceptors (Lipinski definition) is 5. The van der Waals surface area contributed by atoms with Gasteiger partial charge < -0.3 is 4.74 Å². The summed E-state index contributed by atoms with van der Waals surface area (Å²) >= 11 is 0. The van der Waals surface area contributed by atoms with Crippen LogP contribution in [0.15, 0.2) is 42.5 Å². The Kier molecular flexibility index (Phi) is 6.50. The highest BCUT2D eigenvalue weighted by Gasteiger charge is 2.25. The molecule has 27 heavy (non-hydrogen) atoms. The second-order valence-corrected chi connectivity index (χ2v) is 8.37. The normalized spacial score (nSPS) is 12.8. The van der Waals surface area contributed by atoms with Crippen molar-refractivity contribution in [2.24, 2.45) is 0 Å². The molecule has 0 saturated heterocycles. The molecule has 0 aliphatic rings. The van der Waals surface area contributed by atoms with E-state index in [1.165, 1.54) is 18.3 Å². The van der Waals surface area contributed by atoms with Gasteiger partial charge in [-0.3, -0.25) is 10.1 Å². The van der Waals surface area contributed by atoms with E-state index in [0.29, 0.717) is 5.75 Å². The molecule has 146 valence electrons. The Morgan fingerprint density at radius 1 is 1.22 bits per heavy atom. The van der Waals surface area contributed by atoms with Gasteiger partial charge in [-0.2, -0.15) is 0 Å². The van der Waals surface area contributed by atoms with Crippen LogP contribution in [0.3, 0.4) is 0 Å². The van der Waals surface area contributed by atoms with Gasteiger partial charge in [0.25, 0.3) is 5.69 Å². The van der Waals surface area contributed by atoms with Gasteiger partial charge in [0.15, 0.2) is 0 Å². The first-order chi connectivity index (χ1) is 12.6. The minimum absolute atomic E-state index is 0.00521. The van der Waals surface area contributed by atoms with E-state index in [1.54, 1.807) is 31.4 Å². The first-order valence-electron chi connectivity index (χ1n) is 8.15. The molecule has 0 bridgehead atoms. The van der Waals surface area contributed by atoms with Gasteiger partial charge in [-0.25, -0.2) is 17.1 Å². The molecule has 2 aromatic rings. The number of nitrogens with zero attached hydrogens (tertiary/aromatic N) is 2. The van der Waals surface area contributed by atoms with Crippen molar-refractivity contribution in [1.82, 2.24) is 4.31 Å². The van der Waals surface area contributed by atoms with E-state index in [4.69, 9.17) is 4.74 Å². The molecule has 2 aromatic carbocycles. The number of benzene rings is 2. The summed E-state index contributed by atoms with van der Waals surface area (Å²) < 4.78 is 45.5. The van der Waals surface area contributed by atoms with Crippen LogP contribution in [0.25, 0.3) is 0 Å². The van der Waals surface area contributed by atoms with Crippen LogP contribution in [-0.2, 0) is 16.6 Å². The Labute approximate surface area is 157 Å². The first kappa shape index (κ1) is 20.8. The van der Waals surface area contributed by atoms with Gasteiger partial charge in [0, 0.05) is 25.7 Å². The van der Waals surface area contributed by atoms with Crippen molar-refractivity contribution in [3.8, 4) is 5.75 Å². The maximum atomic E-state index is 14.0. The maximum Gasteiger partial charge on any atom is 0.269 e. The van der Waals surface area contributed by atoms with Crippen LogP contribution >= 0.6 is 0 Å². The molecule has 9 heteroatoms. The van der Waals surface area contributed by atoms with Crippen LogP contribution in [-0.4, -0.2) is 37.6 Å². The van der Waals surface area contributed by atoms with Crippen molar-refractivity contribution in [1.29, 1.82) is 0 Å². The molecule has 0 spiro atoms. The van der Waals surface area contributed by atoms with Crippen LogP contribution in [0.2, 0.25) is 0 Å². The number of ether oxygens (including phenoxy) is 1. The lowest BCUT2D eigenvalue weighted by Crippen LogP contribution is -2.30. The lowest BCUT2D eigenvalue weighted by molar-refractivity contribution is -0.385. The van der Waals surface area contributed by atoms with Gasteiger partial charge in [-0.1, -0.05) is 19.1 Å². The summed E-state index contributed by atoms with van der Waals surface area (Å²) in [5, 5.41) is 10.9. The topological polar surface area (TPSA) is 89.8 Å². The Morgan fingerprint density at radius 2 is 1.85 bits per heavy atom. The van der Waals surface area contributed by atoms with Crippen molar-refractivity contribution < 1.29 is 22.5 Å². The average Bonchev–Trinajstić information content (AvgIpc) is 2.62. The third-order valence-electron chi connectivity index (χ3n) is 4.22. The number of sulfonamides is 1. The summed E-state index contributed by atoms with van der Waals surface area (Å²) in [6, 6.07) is 10.1. The van der Waals surface area contributed by atoms with Gasteiger partial charge in [-0.05, 0) is 35.2 Å². The number of non-ortho nitro benzene ring substituents is 1. The van der Waals surface area contributed by atoms with Crippen LogP contribution in [0, 0.1) is 15.9 Å². The fraction of sp³-hybridized carbons (Fsp3) is 0.333. The van der Waals surface area contributed by atoms with E-state index in [1.807, 2.05) is 0 Å². The van der Waals surface area contributed by atoms with Gasteiger partial charge in [0.1, 0.15) is 11.6 Å². The molecule has 0 aromatic heterocycles. The minimum Gasteiger partial charge on any atom is -0.497 e. The van der Waals surface area contributed by atoms with E-state index in [0.717, 1.165) is 23.8 Å². The Bertz CT molecular complexity index is 916. The predicted octanol–water partition coefficient (Wildman–Crippen LogP) is 3.31. The first-order valence-corrected chi connectivity index (χ1v) is 9.75. The maximum absolute atomic E-state index is 14.0. The minimum atomic E-state index is -3.71. The van der Waals surface area contributed by atoms with Gasteiger partial charge in [0.2, 0.25) is 10.0 Å². The van der Waals surface area contributed by atoms with Crippen molar-refractivity contribution in [3.05, 3.63) is 69.5 Å².